The van der Waals surface area contributed by atoms with Crippen molar-refractivity contribution in [3.8, 4) is 0 Å². The quantitative estimate of drug-likeness (QED) is 0.728. The highest BCUT2D eigenvalue weighted by Gasteiger charge is 2.18. The molecule has 0 spiro atoms. The third kappa shape index (κ3) is 3.46. The minimum absolute atomic E-state index is 0.354. The second-order valence-electron chi connectivity index (χ2n) is 4.84. The molecular weight excluding hydrogens is 202 g/mol. The number of hydrogen-bond donors (Lipinski definition) is 2. The molecule has 2 N–H and O–H groups in total. The summed E-state index contributed by atoms with van der Waals surface area (Å²) < 4.78 is 0. The van der Waals surface area contributed by atoms with Gasteiger partial charge in [0.25, 0.3) is 0 Å². The van der Waals surface area contributed by atoms with Crippen LogP contribution in [0.5, 0.6) is 0 Å². The molecule has 0 aromatic heterocycles. The first-order chi connectivity index (χ1) is 7.86. The fourth-order valence-corrected chi connectivity index (χ4v) is 2.52. The Balaban J connectivity index is 1.65. The molecule has 2 heterocycles. The molecule has 2 fully saturated rings. The van der Waals surface area contributed by atoms with E-state index in [0.717, 1.165) is 39.1 Å². The van der Waals surface area contributed by atoms with Crippen LogP contribution in [0.4, 0.5) is 0 Å². The van der Waals surface area contributed by atoms with Gasteiger partial charge in [0.1, 0.15) is 0 Å². The van der Waals surface area contributed by atoms with Crippen molar-refractivity contribution in [1.82, 2.24) is 15.5 Å². The Bertz CT molecular complexity index is 220. The van der Waals surface area contributed by atoms with Gasteiger partial charge in [0.2, 0.25) is 5.91 Å². The highest BCUT2D eigenvalue weighted by Crippen LogP contribution is 2.11. The van der Waals surface area contributed by atoms with Crippen LogP contribution >= 0.6 is 0 Å². The van der Waals surface area contributed by atoms with E-state index in [1.807, 2.05) is 4.90 Å². The van der Waals surface area contributed by atoms with Crippen LogP contribution in [-0.2, 0) is 4.79 Å². The summed E-state index contributed by atoms with van der Waals surface area (Å²) >= 11 is 0. The molecule has 0 aromatic carbocycles. The van der Waals surface area contributed by atoms with E-state index in [2.05, 4.69) is 10.6 Å². The molecule has 0 aromatic rings. The normalized spacial score (nSPS) is 26.8. The van der Waals surface area contributed by atoms with E-state index in [9.17, 15) is 4.79 Å². The monoisotopic (exact) mass is 225 g/mol. The molecule has 2 aliphatic heterocycles. The van der Waals surface area contributed by atoms with Gasteiger partial charge in [-0.2, -0.15) is 0 Å². The maximum atomic E-state index is 11.9. The van der Waals surface area contributed by atoms with Crippen molar-refractivity contribution >= 4 is 5.91 Å². The van der Waals surface area contributed by atoms with Gasteiger partial charge >= 0.3 is 0 Å². The van der Waals surface area contributed by atoms with E-state index >= 15 is 0 Å². The van der Waals surface area contributed by atoms with Crippen LogP contribution in [0.2, 0.25) is 0 Å². The zero-order valence-electron chi connectivity index (χ0n) is 10.0. The lowest BCUT2D eigenvalue weighted by molar-refractivity contribution is -0.132. The van der Waals surface area contributed by atoms with Crippen LogP contribution in [0.15, 0.2) is 0 Å². The molecule has 4 heteroatoms. The number of nitrogens with one attached hydrogen (secondary N) is 2. The molecule has 0 bridgehead atoms. The van der Waals surface area contributed by atoms with Gasteiger partial charge in [0.15, 0.2) is 0 Å². The zero-order valence-corrected chi connectivity index (χ0v) is 10.0. The first kappa shape index (κ1) is 11.9. The Morgan fingerprint density at radius 1 is 1.19 bits per heavy atom. The summed E-state index contributed by atoms with van der Waals surface area (Å²) in [5.74, 6) is 0.354. The van der Waals surface area contributed by atoms with Crippen LogP contribution in [0.3, 0.4) is 0 Å². The van der Waals surface area contributed by atoms with E-state index in [-0.39, 0.29) is 0 Å². The largest absolute Gasteiger partial charge is 0.343 e. The van der Waals surface area contributed by atoms with Gasteiger partial charge in [-0.1, -0.05) is 0 Å². The number of amides is 1. The minimum atomic E-state index is 0.354. The Morgan fingerprint density at radius 3 is 2.69 bits per heavy atom. The van der Waals surface area contributed by atoms with E-state index in [1.54, 1.807) is 0 Å². The smallest absolute Gasteiger partial charge is 0.222 e. The topological polar surface area (TPSA) is 44.4 Å². The maximum Gasteiger partial charge on any atom is 0.222 e. The highest BCUT2D eigenvalue weighted by molar-refractivity contribution is 5.76. The summed E-state index contributed by atoms with van der Waals surface area (Å²) in [6, 6.07) is 0.488. The standard InChI is InChI=1S/C12H23N3O/c16-12(15-8-2-1-3-9-15)5-4-11-10-13-6-7-14-11/h11,13-14H,1-10H2. The number of hydrogen-bond acceptors (Lipinski definition) is 3. The van der Waals surface area contributed by atoms with Gasteiger partial charge in [0.05, 0.1) is 0 Å². The summed E-state index contributed by atoms with van der Waals surface area (Å²) in [4.78, 5) is 14.0. The molecule has 4 nitrogen and oxygen atoms in total. The third-order valence-electron chi connectivity index (χ3n) is 3.54. The summed E-state index contributed by atoms with van der Waals surface area (Å²) in [5.41, 5.74) is 0. The van der Waals surface area contributed by atoms with Crippen LogP contribution in [0, 0.1) is 0 Å². The SMILES string of the molecule is O=C(CCC1CNCCN1)N1CCCCC1. The molecule has 0 aliphatic carbocycles. The third-order valence-corrected chi connectivity index (χ3v) is 3.54. The van der Waals surface area contributed by atoms with Gasteiger partial charge in [-0.05, 0) is 25.7 Å². The lowest BCUT2D eigenvalue weighted by atomic mass is 10.1. The Hall–Kier alpha value is -0.610. The lowest BCUT2D eigenvalue weighted by Gasteiger charge is -2.28. The van der Waals surface area contributed by atoms with Crippen LogP contribution in [0.1, 0.15) is 32.1 Å². The molecule has 16 heavy (non-hydrogen) atoms. The number of carbonyl (C=O) groups is 1. The molecule has 1 unspecified atom stereocenters. The van der Waals surface area contributed by atoms with Gasteiger partial charge in [-0.3, -0.25) is 4.79 Å². The molecular formula is C12H23N3O. The number of piperazine rings is 1. The molecule has 1 atom stereocenters. The van der Waals surface area contributed by atoms with Crippen molar-refractivity contribution < 1.29 is 4.79 Å². The fraction of sp³-hybridized carbons (Fsp3) is 0.917. The van der Waals surface area contributed by atoms with Gasteiger partial charge in [0, 0.05) is 45.2 Å². The van der Waals surface area contributed by atoms with Crippen LogP contribution in [0.25, 0.3) is 0 Å². The molecule has 2 aliphatic rings. The molecule has 2 rings (SSSR count). The van der Waals surface area contributed by atoms with Crippen molar-refractivity contribution in [2.24, 2.45) is 0 Å². The number of piperidine rings is 1. The fourth-order valence-electron chi connectivity index (χ4n) is 2.52. The van der Waals surface area contributed by atoms with Gasteiger partial charge < -0.3 is 15.5 Å². The van der Waals surface area contributed by atoms with E-state index in [0.29, 0.717) is 18.4 Å². The Morgan fingerprint density at radius 2 is 2.00 bits per heavy atom. The van der Waals surface area contributed by atoms with E-state index in [1.165, 1.54) is 19.3 Å². The van der Waals surface area contributed by atoms with Crippen LogP contribution < -0.4 is 10.6 Å². The highest BCUT2D eigenvalue weighted by atomic mass is 16.2. The Labute approximate surface area is 97.8 Å². The predicted octanol–water partition coefficient (Wildman–Crippen LogP) is 0.341. The molecule has 0 radical (unpaired) electrons. The lowest BCUT2D eigenvalue weighted by Crippen LogP contribution is -2.48. The number of likely N-dealkylation sites (tertiary alicyclic amines) is 1. The molecule has 92 valence electrons. The predicted molar refractivity (Wildman–Crippen MR) is 64.3 cm³/mol. The average molecular weight is 225 g/mol. The number of carbonyl (C=O) groups excluding carboxylic acids is 1. The summed E-state index contributed by atoms with van der Waals surface area (Å²) in [6.07, 6.45) is 5.35. The first-order valence-corrected chi connectivity index (χ1v) is 6.58. The molecule has 2 saturated heterocycles. The molecule has 1 amide bonds. The van der Waals surface area contributed by atoms with Crippen LogP contribution in [-0.4, -0.2) is 49.6 Å². The summed E-state index contributed by atoms with van der Waals surface area (Å²) in [5, 5.41) is 6.79. The van der Waals surface area contributed by atoms with Crippen molar-refractivity contribution in [2.45, 2.75) is 38.1 Å². The van der Waals surface area contributed by atoms with Crippen molar-refractivity contribution in [1.29, 1.82) is 0 Å². The maximum absolute atomic E-state index is 11.9. The second-order valence-corrected chi connectivity index (χ2v) is 4.84. The summed E-state index contributed by atoms with van der Waals surface area (Å²) in [7, 11) is 0. The average Bonchev–Trinajstić information content (AvgIpc) is 2.38. The van der Waals surface area contributed by atoms with Crippen molar-refractivity contribution in [2.75, 3.05) is 32.7 Å². The first-order valence-electron chi connectivity index (χ1n) is 6.58. The van der Waals surface area contributed by atoms with E-state index in [4.69, 9.17) is 0 Å². The van der Waals surface area contributed by atoms with Gasteiger partial charge in [-0.15, -0.1) is 0 Å². The number of nitrogens with zero attached hydrogens (tertiary/aromatic N) is 1. The Kier molecular flexibility index (Phi) is 4.60. The zero-order chi connectivity index (χ0) is 11.2. The second kappa shape index (κ2) is 6.21. The van der Waals surface area contributed by atoms with Crippen molar-refractivity contribution in [3.05, 3.63) is 0 Å². The summed E-state index contributed by atoms with van der Waals surface area (Å²) in [6.45, 7) is 5.05. The van der Waals surface area contributed by atoms with Gasteiger partial charge in [-0.25, -0.2) is 0 Å². The van der Waals surface area contributed by atoms with E-state index < -0.39 is 0 Å². The van der Waals surface area contributed by atoms with Crippen molar-refractivity contribution in [3.63, 3.8) is 0 Å². The number of rotatable bonds is 3. The molecule has 0 saturated carbocycles. The minimum Gasteiger partial charge on any atom is -0.343 e.